The summed E-state index contributed by atoms with van der Waals surface area (Å²) in [6, 6.07) is 7.41. The zero-order valence-electron chi connectivity index (χ0n) is 16.2. The molecule has 1 aromatic carbocycles. The van der Waals surface area contributed by atoms with Crippen LogP contribution in [0.25, 0.3) is 0 Å². The van der Waals surface area contributed by atoms with Crippen LogP contribution in [0.5, 0.6) is 0 Å². The first-order valence-corrected chi connectivity index (χ1v) is 9.77. The van der Waals surface area contributed by atoms with Crippen LogP contribution in [0.3, 0.4) is 0 Å². The molecule has 0 saturated carbocycles. The summed E-state index contributed by atoms with van der Waals surface area (Å²) in [4.78, 5) is 14.4. The Morgan fingerprint density at radius 1 is 1.30 bits per heavy atom. The van der Waals surface area contributed by atoms with Crippen molar-refractivity contribution < 1.29 is 9.21 Å². The zero-order chi connectivity index (χ0) is 19.4. The Labute approximate surface area is 165 Å². The number of carbonyl (C=O) groups is 1. The van der Waals surface area contributed by atoms with Crippen molar-refractivity contribution in [3.8, 4) is 0 Å². The summed E-state index contributed by atoms with van der Waals surface area (Å²) in [7, 11) is 0. The molecule has 146 valence electrons. The quantitative estimate of drug-likeness (QED) is 0.839. The van der Waals surface area contributed by atoms with Gasteiger partial charge in [0.1, 0.15) is 0 Å². The Morgan fingerprint density at radius 3 is 2.74 bits per heavy atom. The van der Waals surface area contributed by atoms with Crippen molar-refractivity contribution in [1.29, 1.82) is 0 Å². The van der Waals surface area contributed by atoms with Crippen LogP contribution in [0, 0.1) is 5.41 Å². The molecule has 27 heavy (non-hydrogen) atoms. The van der Waals surface area contributed by atoms with Crippen LogP contribution in [-0.4, -0.2) is 34.2 Å². The van der Waals surface area contributed by atoms with Gasteiger partial charge in [0.15, 0.2) is 0 Å². The molecule has 1 aromatic heterocycles. The minimum atomic E-state index is -0.0657. The van der Waals surface area contributed by atoms with Crippen LogP contribution in [0.4, 0.5) is 4.79 Å². The number of likely N-dealkylation sites (tertiary alicyclic amines) is 1. The molecule has 0 aliphatic carbocycles. The predicted octanol–water partition coefficient (Wildman–Crippen LogP) is 4.40. The van der Waals surface area contributed by atoms with Gasteiger partial charge in [-0.1, -0.05) is 44.5 Å². The van der Waals surface area contributed by atoms with E-state index < -0.39 is 0 Å². The highest BCUT2D eigenvalue weighted by Gasteiger charge is 2.29. The van der Waals surface area contributed by atoms with Crippen molar-refractivity contribution in [2.75, 3.05) is 13.1 Å². The van der Waals surface area contributed by atoms with E-state index >= 15 is 0 Å². The summed E-state index contributed by atoms with van der Waals surface area (Å²) < 4.78 is 5.87. The minimum Gasteiger partial charge on any atom is -0.425 e. The lowest BCUT2D eigenvalue weighted by molar-refractivity contribution is 0.173. The molecule has 0 unspecified atom stereocenters. The highest BCUT2D eigenvalue weighted by atomic mass is 35.5. The van der Waals surface area contributed by atoms with Crippen LogP contribution in [0.1, 0.15) is 56.9 Å². The van der Waals surface area contributed by atoms with Gasteiger partial charge >= 0.3 is 6.03 Å². The standard InChI is InChI=1S/C20H27ClN4O2/c1-20(2,3)11-17-23-24-18(27-17)15-5-4-10-25(13-15)19(26)22-12-14-6-8-16(21)9-7-14/h6-9,15H,4-5,10-13H2,1-3H3,(H,22,26)/t15-/m1/s1. The average Bonchev–Trinajstić information content (AvgIpc) is 3.07. The van der Waals surface area contributed by atoms with Gasteiger partial charge in [-0.3, -0.25) is 0 Å². The third kappa shape index (κ3) is 5.70. The van der Waals surface area contributed by atoms with Crippen LogP contribution in [-0.2, 0) is 13.0 Å². The predicted molar refractivity (Wildman–Crippen MR) is 105 cm³/mol. The molecular weight excluding hydrogens is 364 g/mol. The fraction of sp³-hybridized carbons (Fsp3) is 0.550. The Bertz CT molecular complexity index is 767. The summed E-state index contributed by atoms with van der Waals surface area (Å²) in [6.45, 7) is 8.25. The maximum absolute atomic E-state index is 12.5. The van der Waals surface area contributed by atoms with Crippen molar-refractivity contribution in [1.82, 2.24) is 20.4 Å². The summed E-state index contributed by atoms with van der Waals surface area (Å²) in [5, 5.41) is 12.1. The average molecular weight is 391 g/mol. The smallest absolute Gasteiger partial charge is 0.317 e. The van der Waals surface area contributed by atoms with Crippen molar-refractivity contribution in [3.63, 3.8) is 0 Å². The number of urea groups is 1. The molecule has 0 radical (unpaired) electrons. The molecule has 3 rings (SSSR count). The number of rotatable bonds is 4. The first kappa shape index (κ1) is 19.7. The number of halogens is 1. The van der Waals surface area contributed by atoms with Gasteiger partial charge in [-0.25, -0.2) is 4.79 Å². The van der Waals surface area contributed by atoms with E-state index in [0.29, 0.717) is 29.9 Å². The molecular formula is C20H27ClN4O2. The maximum Gasteiger partial charge on any atom is 0.317 e. The number of benzene rings is 1. The Morgan fingerprint density at radius 2 is 2.04 bits per heavy atom. The van der Waals surface area contributed by atoms with Crippen LogP contribution >= 0.6 is 11.6 Å². The van der Waals surface area contributed by atoms with Gasteiger partial charge in [0.25, 0.3) is 0 Å². The highest BCUT2D eigenvalue weighted by Crippen LogP contribution is 2.27. The maximum atomic E-state index is 12.5. The van der Waals surface area contributed by atoms with Crippen LogP contribution in [0.15, 0.2) is 28.7 Å². The van der Waals surface area contributed by atoms with E-state index in [4.69, 9.17) is 16.0 Å². The van der Waals surface area contributed by atoms with Crippen molar-refractivity contribution in [2.24, 2.45) is 5.41 Å². The van der Waals surface area contributed by atoms with E-state index in [0.717, 1.165) is 31.4 Å². The van der Waals surface area contributed by atoms with E-state index in [-0.39, 0.29) is 17.4 Å². The van der Waals surface area contributed by atoms with Gasteiger partial charge < -0.3 is 14.6 Å². The molecule has 0 spiro atoms. The lowest BCUT2D eigenvalue weighted by Crippen LogP contribution is -2.44. The minimum absolute atomic E-state index is 0.0657. The topological polar surface area (TPSA) is 71.3 Å². The van der Waals surface area contributed by atoms with E-state index in [9.17, 15) is 4.79 Å². The second-order valence-electron chi connectivity index (χ2n) is 8.34. The summed E-state index contributed by atoms with van der Waals surface area (Å²) in [6.07, 6.45) is 2.63. The Kier molecular flexibility index (Phi) is 6.05. The molecule has 1 N–H and O–H groups in total. The third-order valence-corrected chi connectivity index (χ3v) is 4.83. The molecule has 1 atom stereocenters. The molecule has 1 saturated heterocycles. The van der Waals surface area contributed by atoms with Gasteiger partial charge in [0.2, 0.25) is 11.8 Å². The lowest BCUT2D eigenvalue weighted by atomic mass is 9.92. The summed E-state index contributed by atoms with van der Waals surface area (Å²) >= 11 is 5.89. The number of carbonyl (C=O) groups excluding carboxylic acids is 1. The SMILES string of the molecule is CC(C)(C)Cc1nnc([C@@H]2CCCN(C(=O)NCc3ccc(Cl)cc3)C2)o1. The first-order chi connectivity index (χ1) is 12.8. The molecule has 1 fully saturated rings. The van der Waals surface area contributed by atoms with Gasteiger partial charge in [-0.05, 0) is 36.0 Å². The molecule has 6 nitrogen and oxygen atoms in total. The van der Waals surface area contributed by atoms with Gasteiger partial charge in [-0.15, -0.1) is 10.2 Å². The largest absolute Gasteiger partial charge is 0.425 e. The number of aromatic nitrogens is 2. The molecule has 2 heterocycles. The van der Waals surface area contributed by atoms with Crippen molar-refractivity contribution in [2.45, 2.75) is 52.5 Å². The first-order valence-electron chi connectivity index (χ1n) is 9.40. The lowest BCUT2D eigenvalue weighted by Gasteiger charge is -2.31. The number of hydrogen-bond donors (Lipinski definition) is 1. The summed E-state index contributed by atoms with van der Waals surface area (Å²) in [5.74, 6) is 1.41. The van der Waals surface area contributed by atoms with E-state index in [1.807, 2.05) is 29.2 Å². The molecule has 7 heteroatoms. The molecule has 1 aliphatic rings. The highest BCUT2D eigenvalue weighted by molar-refractivity contribution is 6.30. The normalized spacial score (nSPS) is 17.8. The Balaban J connectivity index is 1.55. The van der Waals surface area contributed by atoms with Crippen molar-refractivity contribution >= 4 is 17.6 Å². The third-order valence-electron chi connectivity index (χ3n) is 4.58. The number of nitrogens with one attached hydrogen (secondary N) is 1. The number of amides is 2. The van der Waals surface area contributed by atoms with Gasteiger partial charge in [-0.2, -0.15) is 0 Å². The van der Waals surface area contributed by atoms with Crippen LogP contribution < -0.4 is 5.32 Å². The second kappa shape index (κ2) is 8.30. The van der Waals surface area contributed by atoms with Gasteiger partial charge in [0, 0.05) is 31.1 Å². The van der Waals surface area contributed by atoms with Crippen LogP contribution in [0.2, 0.25) is 5.02 Å². The van der Waals surface area contributed by atoms with Crippen molar-refractivity contribution in [3.05, 3.63) is 46.6 Å². The fourth-order valence-electron chi connectivity index (χ4n) is 3.21. The zero-order valence-corrected chi connectivity index (χ0v) is 16.9. The molecule has 2 amide bonds. The summed E-state index contributed by atoms with van der Waals surface area (Å²) in [5.41, 5.74) is 1.12. The fourth-order valence-corrected chi connectivity index (χ4v) is 3.34. The van der Waals surface area contributed by atoms with Gasteiger partial charge in [0.05, 0.1) is 5.92 Å². The van der Waals surface area contributed by atoms with E-state index in [1.54, 1.807) is 0 Å². The number of piperidine rings is 1. The number of nitrogens with zero attached hydrogens (tertiary/aromatic N) is 3. The molecule has 0 bridgehead atoms. The van der Waals surface area contributed by atoms with E-state index in [1.165, 1.54) is 0 Å². The monoisotopic (exact) mass is 390 g/mol. The second-order valence-corrected chi connectivity index (χ2v) is 8.78. The number of hydrogen-bond acceptors (Lipinski definition) is 4. The van der Waals surface area contributed by atoms with E-state index in [2.05, 4.69) is 36.3 Å². The molecule has 1 aliphatic heterocycles. The molecule has 2 aromatic rings. The Hall–Kier alpha value is -2.08.